The topological polar surface area (TPSA) is 319 Å². The largest absolute Gasteiger partial charge is 0.444 e. The molecule has 0 aliphatic rings. The number of hydrogen-bond donors (Lipinski definition) is 7. The fraction of sp³-hybridized carbons (Fsp3) is 0.293. The van der Waals surface area contributed by atoms with Gasteiger partial charge in [-0.2, -0.15) is 0 Å². The maximum absolute atomic E-state index is 11.6. The van der Waals surface area contributed by atoms with E-state index in [1.807, 2.05) is 119 Å². The van der Waals surface area contributed by atoms with E-state index in [1.165, 1.54) is 6.20 Å². The molecular weight excluding hydrogens is 1050 g/mol. The molecule has 0 radical (unpaired) electrons. The van der Waals surface area contributed by atoms with E-state index in [0.717, 1.165) is 81.7 Å². The molecule has 0 fully saturated rings. The Morgan fingerprint density at radius 2 is 0.841 bits per heavy atom. The molecule has 9 aromatic rings. The van der Waals surface area contributed by atoms with Crippen LogP contribution in [-0.4, -0.2) is 127 Å². The summed E-state index contributed by atoms with van der Waals surface area (Å²) in [4.78, 5) is 72.3. The van der Waals surface area contributed by atoms with E-state index in [2.05, 4.69) is 110 Å². The van der Waals surface area contributed by atoms with E-state index in [-0.39, 0.29) is 5.92 Å². The summed E-state index contributed by atoms with van der Waals surface area (Å²) >= 11 is 1.63. The van der Waals surface area contributed by atoms with E-state index in [1.54, 1.807) is 79.9 Å². The van der Waals surface area contributed by atoms with Gasteiger partial charge in [-0.25, -0.2) is 54.6 Å². The molecule has 0 saturated heterocycles. The Bertz CT molecular complexity index is 3170. The molecule has 9 aromatic heterocycles. The molecule has 23 nitrogen and oxygen atoms in total. The second kappa shape index (κ2) is 33.2. The highest BCUT2D eigenvalue weighted by Crippen LogP contribution is 2.18. The summed E-state index contributed by atoms with van der Waals surface area (Å²) in [5, 5.41) is 15.7. The highest BCUT2D eigenvalue weighted by atomic mass is 32.2. The molecule has 0 aromatic carbocycles. The lowest BCUT2D eigenvalue weighted by molar-refractivity contribution is 0.0521. The molecule has 9 rings (SSSR count). The summed E-state index contributed by atoms with van der Waals surface area (Å²) in [5.74, 6) is 4.26. The Morgan fingerprint density at radius 3 is 1.17 bits per heavy atom. The molecule has 82 heavy (non-hydrogen) atoms. The third-order valence-electron chi connectivity index (χ3n) is 11.1. The lowest BCUT2D eigenvalue weighted by Gasteiger charge is -2.21. The van der Waals surface area contributed by atoms with Crippen molar-refractivity contribution in [3.63, 3.8) is 0 Å². The first-order chi connectivity index (χ1) is 39.7. The van der Waals surface area contributed by atoms with Gasteiger partial charge in [0.2, 0.25) is 5.95 Å². The summed E-state index contributed by atoms with van der Waals surface area (Å²) in [5.41, 5.74) is 16.7. The Kier molecular flexibility index (Phi) is 25.0. The van der Waals surface area contributed by atoms with Gasteiger partial charge in [0.05, 0.1) is 72.4 Å². The standard InChI is InChI=1S/C18H21N7S.C18H25N5O2.C13H17N5.C9H8N4/c1-13(8-23-18-24-9-14(26-2)10-25-18)7-21-17-12-20-16(11-22-17)15-5-3-4-6-19-15;1-13(10-23-17(24)25-18(2,3)4)9-21-16-12-20-15(11-22-16)14-7-5-6-8-19-14;1-10(6-14)7-17-13-9-16-12(8-18-13)11-4-2-3-5-15-11;10-9-6-12-8(5-13-9)7-3-1-2-4-11-7/h3-6,9-13H,7-8H2,1-2H3,(H,21,22)(H,23,24,25);5-8,11-13H,9-10H2,1-4H3,(H,21,22)(H,23,24);2-5,8-10H,6-7,14H2,1H3,(H,17,18);1-6H,(H2,10,13). The Morgan fingerprint density at radius 1 is 0.463 bits per heavy atom. The minimum atomic E-state index is -0.490. The summed E-state index contributed by atoms with van der Waals surface area (Å²) in [6.45, 7) is 15.9. The lowest BCUT2D eigenvalue weighted by atomic mass is 10.2. The number of nitrogens with zero attached hydrogens (tertiary/aromatic N) is 14. The van der Waals surface area contributed by atoms with Crippen LogP contribution in [0.1, 0.15) is 41.5 Å². The lowest BCUT2D eigenvalue weighted by Crippen LogP contribution is -2.36. The first-order valence-electron chi connectivity index (χ1n) is 26.4. The van der Waals surface area contributed by atoms with Crippen molar-refractivity contribution in [1.82, 2.24) is 75.1 Å². The summed E-state index contributed by atoms with van der Waals surface area (Å²) in [6.07, 6.45) is 25.6. The number of aromatic nitrogens is 14. The van der Waals surface area contributed by atoms with Gasteiger partial charge in [0.15, 0.2) is 0 Å². The number of nitrogens with two attached hydrogens (primary N) is 2. The number of rotatable bonds is 20. The van der Waals surface area contributed by atoms with Gasteiger partial charge < -0.3 is 42.8 Å². The van der Waals surface area contributed by atoms with E-state index in [4.69, 9.17) is 16.2 Å². The molecule has 24 heteroatoms. The third kappa shape index (κ3) is 22.7. The van der Waals surface area contributed by atoms with Crippen molar-refractivity contribution < 1.29 is 9.53 Å². The van der Waals surface area contributed by atoms with E-state index >= 15 is 0 Å². The Labute approximate surface area is 482 Å². The van der Waals surface area contributed by atoms with Gasteiger partial charge in [-0.15, -0.1) is 11.8 Å². The number of anilines is 5. The average molecular weight is 1130 g/mol. The Hall–Kier alpha value is -9.42. The van der Waals surface area contributed by atoms with Crippen LogP contribution in [0.3, 0.4) is 0 Å². The number of hydrogen-bond acceptors (Lipinski definition) is 23. The van der Waals surface area contributed by atoms with Gasteiger partial charge in [-0.3, -0.25) is 19.9 Å². The van der Waals surface area contributed by atoms with Crippen molar-refractivity contribution in [2.45, 2.75) is 52.0 Å². The van der Waals surface area contributed by atoms with Crippen LogP contribution in [0.5, 0.6) is 0 Å². The summed E-state index contributed by atoms with van der Waals surface area (Å²) in [6, 6.07) is 22.7. The van der Waals surface area contributed by atoms with Gasteiger partial charge in [-0.1, -0.05) is 45.0 Å². The van der Waals surface area contributed by atoms with Gasteiger partial charge in [0, 0.05) is 74.8 Å². The van der Waals surface area contributed by atoms with Crippen LogP contribution in [0.4, 0.5) is 34.0 Å². The minimum absolute atomic E-state index is 0.213. The van der Waals surface area contributed by atoms with Gasteiger partial charge >= 0.3 is 6.09 Å². The predicted molar refractivity (Wildman–Crippen MR) is 324 cm³/mol. The van der Waals surface area contributed by atoms with Crippen molar-refractivity contribution in [1.29, 1.82) is 0 Å². The number of thioether (sulfide) groups is 1. The second-order valence-corrected chi connectivity index (χ2v) is 20.3. The number of pyridine rings is 4. The fourth-order valence-electron chi connectivity index (χ4n) is 6.60. The van der Waals surface area contributed by atoms with Crippen LogP contribution >= 0.6 is 11.8 Å². The van der Waals surface area contributed by atoms with Crippen LogP contribution in [-0.2, 0) is 4.74 Å². The van der Waals surface area contributed by atoms with E-state index in [0.29, 0.717) is 49.1 Å². The molecular formula is C58H71N21O2S. The number of amides is 1. The number of carbonyl (C=O) groups is 1. The predicted octanol–water partition coefficient (Wildman–Crippen LogP) is 8.99. The molecule has 0 aliphatic carbocycles. The zero-order valence-corrected chi connectivity index (χ0v) is 47.9. The van der Waals surface area contributed by atoms with Crippen LogP contribution in [0.2, 0.25) is 0 Å². The molecule has 0 saturated carbocycles. The maximum Gasteiger partial charge on any atom is 0.407 e. The number of carbonyl (C=O) groups excluding carboxylic acids is 1. The smallest absolute Gasteiger partial charge is 0.407 e. The number of nitrogens with one attached hydrogen (secondary N) is 5. The highest BCUT2D eigenvalue weighted by molar-refractivity contribution is 7.98. The monoisotopic (exact) mass is 1130 g/mol. The Balaban J connectivity index is 0.000000181. The van der Waals surface area contributed by atoms with Crippen LogP contribution < -0.4 is 38.1 Å². The van der Waals surface area contributed by atoms with E-state index < -0.39 is 11.7 Å². The van der Waals surface area contributed by atoms with Crippen molar-refractivity contribution in [3.8, 4) is 45.6 Å². The van der Waals surface area contributed by atoms with E-state index in [9.17, 15) is 4.79 Å². The molecule has 3 unspecified atom stereocenters. The van der Waals surface area contributed by atoms with Gasteiger partial charge in [-0.05, 0) is 99.9 Å². The first-order valence-corrected chi connectivity index (χ1v) is 27.6. The zero-order valence-electron chi connectivity index (χ0n) is 47.1. The normalized spacial score (nSPS) is 11.7. The minimum Gasteiger partial charge on any atom is -0.444 e. The fourth-order valence-corrected chi connectivity index (χ4v) is 6.91. The van der Waals surface area contributed by atoms with Crippen LogP contribution in [0.25, 0.3) is 45.6 Å². The van der Waals surface area contributed by atoms with Crippen molar-refractivity contribution in [3.05, 3.63) is 160 Å². The second-order valence-electron chi connectivity index (χ2n) is 19.5. The molecule has 0 spiro atoms. The summed E-state index contributed by atoms with van der Waals surface area (Å²) < 4.78 is 5.21. The van der Waals surface area contributed by atoms with Crippen LogP contribution in [0, 0.1) is 17.8 Å². The van der Waals surface area contributed by atoms with Crippen molar-refractivity contribution >= 4 is 47.1 Å². The molecule has 1 amide bonds. The molecule has 0 bridgehead atoms. The van der Waals surface area contributed by atoms with Crippen LogP contribution in [0.15, 0.2) is 164 Å². The quantitative estimate of drug-likeness (QED) is 0.0350. The molecule has 3 atom stereocenters. The summed E-state index contributed by atoms with van der Waals surface area (Å²) in [7, 11) is 0. The first kappa shape index (κ1) is 61.8. The SMILES string of the molecule is CC(CN)CNc1cnc(-c2ccccn2)cn1.CC(CNC(=O)OC(C)(C)C)CNc1cnc(-c2ccccn2)cn1.CSc1cnc(NCC(C)CNc2cnc(-c3ccccn3)cn2)nc1.Nc1cnc(-c2ccccn2)cn1. The van der Waals surface area contributed by atoms with Gasteiger partial charge in [0.25, 0.3) is 0 Å². The number of nitrogen functional groups attached to an aromatic ring is 1. The van der Waals surface area contributed by atoms with Gasteiger partial charge in [0.1, 0.15) is 51.6 Å². The van der Waals surface area contributed by atoms with Crippen molar-refractivity contribution in [2.75, 3.05) is 72.5 Å². The molecule has 0 aliphatic heterocycles. The number of ether oxygens (including phenoxy) is 1. The molecule has 9 N–H and O–H groups in total. The van der Waals surface area contributed by atoms with Crippen molar-refractivity contribution in [2.24, 2.45) is 23.5 Å². The molecule has 426 valence electrons. The average Bonchev–Trinajstić information content (AvgIpc) is 3.58. The maximum atomic E-state index is 11.6. The number of alkyl carbamates (subject to hydrolysis) is 1. The molecule has 9 heterocycles. The highest BCUT2D eigenvalue weighted by Gasteiger charge is 2.17. The third-order valence-corrected chi connectivity index (χ3v) is 11.8. The zero-order chi connectivity index (χ0) is 58.4.